The number of benzene rings is 2. The molecular weight excluding hydrogens is 296 g/mol. The monoisotopic (exact) mass is 314 g/mol. The molecule has 2 aromatic carbocycles. The van der Waals surface area contributed by atoms with Crippen molar-refractivity contribution in [2.24, 2.45) is 0 Å². The maximum absolute atomic E-state index is 11.9. The molecule has 6 heteroatoms. The Hall–Kier alpha value is -3.02. The van der Waals surface area contributed by atoms with Gasteiger partial charge in [0.1, 0.15) is 5.75 Å². The number of carbonyl (C=O) groups excluding carboxylic acids is 2. The van der Waals surface area contributed by atoms with E-state index in [0.717, 1.165) is 5.56 Å². The molecule has 2 N–H and O–H groups in total. The third kappa shape index (κ3) is 4.47. The van der Waals surface area contributed by atoms with Gasteiger partial charge in [-0.1, -0.05) is 24.3 Å². The molecule has 23 heavy (non-hydrogen) atoms. The molecule has 120 valence electrons. The first-order valence-corrected chi connectivity index (χ1v) is 6.99. The first kappa shape index (κ1) is 16.4. The van der Waals surface area contributed by atoms with Crippen molar-refractivity contribution in [2.45, 2.75) is 6.54 Å². The molecule has 0 unspecified atom stereocenters. The van der Waals surface area contributed by atoms with E-state index < -0.39 is 5.97 Å². The Labute approximate surface area is 134 Å². The van der Waals surface area contributed by atoms with Gasteiger partial charge in [0, 0.05) is 6.54 Å². The molecule has 0 bridgehead atoms. The van der Waals surface area contributed by atoms with Crippen LogP contribution in [0.5, 0.6) is 5.75 Å². The van der Waals surface area contributed by atoms with Crippen molar-refractivity contribution in [2.75, 3.05) is 19.5 Å². The number of ether oxygens (including phenoxy) is 2. The van der Waals surface area contributed by atoms with Gasteiger partial charge in [-0.2, -0.15) is 0 Å². The standard InChI is InChI=1S/C17H18N2O4/c1-22-15-6-4-3-5-14(15)19-17(21)18-11-12-7-9-13(10-8-12)16(20)23-2/h3-10H,11H2,1-2H3,(H2,18,19,21). The zero-order valence-electron chi connectivity index (χ0n) is 13.0. The number of para-hydroxylation sites is 2. The van der Waals surface area contributed by atoms with Crippen LogP contribution >= 0.6 is 0 Å². The number of carbonyl (C=O) groups is 2. The van der Waals surface area contributed by atoms with Crippen molar-refractivity contribution in [3.8, 4) is 5.75 Å². The van der Waals surface area contributed by atoms with E-state index in [1.165, 1.54) is 7.11 Å². The lowest BCUT2D eigenvalue weighted by atomic mass is 10.1. The number of hydrogen-bond donors (Lipinski definition) is 2. The van der Waals surface area contributed by atoms with Crippen LogP contribution in [0.3, 0.4) is 0 Å². The maximum atomic E-state index is 11.9. The van der Waals surface area contributed by atoms with Gasteiger partial charge in [0.05, 0.1) is 25.5 Å². The minimum Gasteiger partial charge on any atom is -0.495 e. The fourth-order valence-corrected chi connectivity index (χ4v) is 1.97. The van der Waals surface area contributed by atoms with Gasteiger partial charge in [-0.3, -0.25) is 0 Å². The second kappa shape index (κ2) is 7.84. The molecule has 0 saturated heterocycles. The number of nitrogens with one attached hydrogen (secondary N) is 2. The van der Waals surface area contributed by atoms with E-state index in [0.29, 0.717) is 23.5 Å². The van der Waals surface area contributed by atoms with Crippen LogP contribution in [-0.2, 0) is 11.3 Å². The van der Waals surface area contributed by atoms with Crippen LogP contribution in [0.15, 0.2) is 48.5 Å². The summed E-state index contributed by atoms with van der Waals surface area (Å²) < 4.78 is 9.80. The highest BCUT2D eigenvalue weighted by Crippen LogP contribution is 2.22. The number of esters is 1. The molecule has 2 aromatic rings. The summed E-state index contributed by atoms with van der Waals surface area (Å²) >= 11 is 0. The van der Waals surface area contributed by atoms with Gasteiger partial charge in [-0.15, -0.1) is 0 Å². The molecule has 2 amide bonds. The van der Waals surface area contributed by atoms with Gasteiger partial charge >= 0.3 is 12.0 Å². The molecule has 0 atom stereocenters. The van der Waals surface area contributed by atoms with Gasteiger partial charge in [-0.25, -0.2) is 9.59 Å². The molecule has 2 rings (SSSR count). The number of rotatable bonds is 5. The highest BCUT2D eigenvalue weighted by molar-refractivity contribution is 5.91. The molecule has 0 radical (unpaired) electrons. The molecule has 0 aromatic heterocycles. The summed E-state index contributed by atoms with van der Waals surface area (Å²) in [4.78, 5) is 23.3. The summed E-state index contributed by atoms with van der Waals surface area (Å²) in [6, 6.07) is 13.6. The van der Waals surface area contributed by atoms with Gasteiger partial charge in [0.25, 0.3) is 0 Å². The van der Waals surface area contributed by atoms with Crippen LogP contribution in [-0.4, -0.2) is 26.2 Å². The van der Waals surface area contributed by atoms with Crippen LogP contribution < -0.4 is 15.4 Å². The van der Waals surface area contributed by atoms with Crippen LogP contribution in [0.25, 0.3) is 0 Å². The van der Waals surface area contributed by atoms with Crippen molar-refractivity contribution in [3.63, 3.8) is 0 Å². The summed E-state index contributed by atoms with van der Waals surface area (Å²) in [6.45, 7) is 0.336. The summed E-state index contributed by atoms with van der Waals surface area (Å²) in [6.07, 6.45) is 0. The smallest absolute Gasteiger partial charge is 0.337 e. The predicted molar refractivity (Wildman–Crippen MR) is 86.6 cm³/mol. The number of urea groups is 1. The highest BCUT2D eigenvalue weighted by Gasteiger charge is 2.07. The first-order valence-electron chi connectivity index (χ1n) is 6.99. The summed E-state index contributed by atoms with van der Waals surface area (Å²) in [5.41, 5.74) is 1.93. The Morgan fingerprint density at radius 3 is 2.35 bits per heavy atom. The molecule has 0 aliphatic heterocycles. The minimum absolute atomic E-state index is 0.336. The van der Waals surface area contributed by atoms with E-state index in [1.807, 2.05) is 12.1 Å². The molecule has 0 saturated carbocycles. The Bertz CT molecular complexity index is 683. The Kier molecular flexibility index (Phi) is 5.57. The zero-order chi connectivity index (χ0) is 16.7. The molecule has 0 heterocycles. The third-order valence-electron chi connectivity index (χ3n) is 3.18. The third-order valence-corrected chi connectivity index (χ3v) is 3.18. The number of methoxy groups -OCH3 is 2. The van der Waals surface area contributed by atoms with Crippen molar-refractivity contribution in [1.82, 2.24) is 5.32 Å². The first-order chi connectivity index (χ1) is 11.1. The minimum atomic E-state index is -0.390. The summed E-state index contributed by atoms with van der Waals surface area (Å²) in [7, 11) is 2.88. The summed E-state index contributed by atoms with van der Waals surface area (Å²) in [5.74, 6) is 0.198. The van der Waals surface area contributed by atoms with Gasteiger partial charge < -0.3 is 20.1 Å². The van der Waals surface area contributed by atoms with Crippen molar-refractivity contribution >= 4 is 17.7 Å². The van der Waals surface area contributed by atoms with E-state index >= 15 is 0 Å². The highest BCUT2D eigenvalue weighted by atomic mass is 16.5. The van der Waals surface area contributed by atoms with E-state index in [-0.39, 0.29) is 6.03 Å². The lowest BCUT2D eigenvalue weighted by Crippen LogP contribution is -2.28. The second-order valence-corrected chi connectivity index (χ2v) is 4.70. The normalized spacial score (nSPS) is 9.83. The number of hydrogen-bond acceptors (Lipinski definition) is 4. The molecular formula is C17H18N2O4. The van der Waals surface area contributed by atoms with Gasteiger partial charge in [0.15, 0.2) is 0 Å². The fraction of sp³-hybridized carbons (Fsp3) is 0.176. The van der Waals surface area contributed by atoms with E-state index in [4.69, 9.17) is 4.74 Å². The molecule has 0 spiro atoms. The average Bonchev–Trinajstić information content (AvgIpc) is 2.60. The second-order valence-electron chi connectivity index (χ2n) is 4.70. The Morgan fingerprint density at radius 2 is 1.70 bits per heavy atom. The van der Waals surface area contributed by atoms with Crippen molar-refractivity contribution in [1.29, 1.82) is 0 Å². The number of amides is 2. The quantitative estimate of drug-likeness (QED) is 0.832. The topological polar surface area (TPSA) is 76.7 Å². The SMILES string of the molecule is COC(=O)c1ccc(CNC(=O)Nc2ccccc2OC)cc1. The largest absolute Gasteiger partial charge is 0.495 e. The van der Waals surface area contributed by atoms with Crippen molar-refractivity contribution < 1.29 is 19.1 Å². The lowest BCUT2D eigenvalue weighted by molar-refractivity contribution is 0.0600. The van der Waals surface area contributed by atoms with E-state index in [9.17, 15) is 9.59 Å². The Balaban J connectivity index is 1.90. The molecule has 0 fully saturated rings. The number of anilines is 1. The van der Waals surface area contributed by atoms with E-state index in [1.54, 1.807) is 43.5 Å². The maximum Gasteiger partial charge on any atom is 0.337 e. The Morgan fingerprint density at radius 1 is 1.00 bits per heavy atom. The lowest BCUT2D eigenvalue weighted by Gasteiger charge is -2.11. The fourth-order valence-electron chi connectivity index (χ4n) is 1.97. The zero-order valence-corrected chi connectivity index (χ0v) is 13.0. The van der Waals surface area contributed by atoms with Crippen LogP contribution in [0.1, 0.15) is 15.9 Å². The molecule has 6 nitrogen and oxygen atoms in total. The van der Waals surface area contributed by atoms with Crippen LogP contribution in [0.2, 0.25) is 0 Å². The van der Waals surface area contributed by atoms with Gasteiger partial charge in [-0.05, 0) is 29.8 Å². The molecule has 0 aliphatic rings. The van der Waals surface area contributed by atoms with E-state index in [2.05, 4.69) is 15.4 Å². The average molecular weight is 314 g/mol. The summed E-state index contributed by atoms with van der Waals surface area (Å²) in [5, 5.41) is 5.46. The molecule has 0 aliphatic carbocycles. The van der Waals surface area contributed by atoms with Crippen molar-refractivity contribution in [3.05, 3.63) is 59.7 Å². The van der Waals surface area contributed by atoms with Crippen LogP contribution in [0.4, 0.5) is 10.5 Å². The predicted octanol–water partition coefficient (Wildman–Crippen LogP) is 2.80. The van der Waals surface area contributed by atoms with Gasteiger partial charge in [0.2, 0.25) is 0 Å². The van der Waals surface area contributed by atoms with Crippen LogP contribution in [0, 0.1) is 0 Å².